The van der Waals surface area contributed by atoms with E-state index in [0.717, 1.165) is 66.0 Å². The second-order valence-electron chi connectivity index (χ2n) is 9.58. The quantitative estimate of drug-likeness (QED) is 0.389. The molecule has 1 fully saturated rings. The minimum absolute atomic E-state index is 0.366. The van der Waals surface area contributed by atoms with Gasteiger partial charge in [0.1, 0.15) is 12.0 Å². The number of rotatable bonds is 8. The summed E-state index contributed by atoms with van der Waals surface area (Å²) >= 11 is 0. The molecule has 9 nitrogen and oxygen atoms in total. The van der Waals surface area contributed by atoms with Crippen molar-refractivity contribution in [3.8, 4) is 33.6 Å². The van der Waals surface area contributed by atoms with Crippen LogP contribution in [0.15, 0.2) is 55.2 Å². The summed E-state index contributed by atoms with van der Waals surface area (Å²) in [6, 6.07) is 8.59. The van der Waals surface area contributed by atoms with Crippen LogP contribution >= 0.6 is 0 Å². The third-order valence-electron chi connectivity index (χ3n) is 6.89. The Hall–Kier alpha value is -3.56. The summed E-state index contributed by atoms with van der Waals surface area (Å²) in [5.41, 5.74) is 4.97. The van der Waals surface area contributed by atoms with Crippen LogP contribution < -0.4 is 5.32 Å². The number of hydrogen-bond donors (Lipinski definition) is 2. The van der Waals surface area contributed by atoms with E-state index in [4.69, 9.17) is 9.97 Å². The highest BCUT2D eigenvalue weighted by atomic mass is 16.3. The smallest absolute Gasteiger partial charge is 0.161 e. The van der Waals surface area contributed by atoms with Gasteiger partial charge >= 0.3 is 0 Å². The van der Waals surface area contributed by atoms with Gasteiger partial charge in [-0.3, -0.25) is 14.3 Å². The first-order chi connectivity index (χ1) is 17.5. The van der Waals surface area contributed by atoms with E-state index in [1.54, 1.807) is 9.36 Å². The molecule has 1 aliphatic rings. The molecular weight excluding hydrogens is 452 g/mol. The number of nitrogens with one attached hydrogen (secondary N) is 1. The molecule has 1 aliphatic heterocycles. The zero-order chi connectivity index (χ0) is 25.1. The van der Waals surface area contributed by atoms with Crippen molar-refractivity contribution in [2.45, 2.75) is 44.9 Å². The molecule has 0 spiro atoms. The molecule has 3 aromatic heterocycles. The Morgan fingerprint density at radius 3 is 2.47 bits per heavy atom. The van der Waals surface area contributed by atoms with Gasteiger partial charge in [0.2, 0.25) is 0 Å². The van der Waals surface area contributed by atoms with E-state index in [9.17, 15) is 5.11 Å². The Bertz CT molecular complexity index is 1310. The number of nitrogens with zero attached hydrogens (tertiary/aromatic N) is 7. The van der Waals surface area contributed by atoms with E-state index in [-0.39, 0.29) is 0 Å². The number of aryl methyl sites for hydroxylation is 2. The number of aliphatic hydroxyl groups is 1. The fourth-order valence-electron chi connectivity index (χ4n) is 5.02. The largest absolute Gasteiger partial charge is 0.379 e. The van der Waals surface area contributed by atoms with Crippen LogP contribution in [0.5, 0.6) is 0 Å². The minimum atomic E-state index is -0.418. The SMILES string of the molecule is CC(O)N1CCCCC1CCNc1nc(-c2cccc(-c3cnn(C)c3)c2)ncc1-c1cnn(C)c1. The van der Waals surface area contributed by atoms with Crippen molar-refractivity contribution >= 4 is 5.82 Å². The maximum Gasteiger partial charge on any atom is 0.161 e. The van der Waals surface area contributed by atoms with E-state index < -0.39 is 6.23 Å². The van der Waals surface area contributed by atoms with Gasteiger partial charge in [-0.1, -0.05) is 24.6 Å². The molecule has 36 heavy (non-hydrogen) atoms. The van der Waals surface area contributed by atoms with Gasteiger partial charge in [0.15, 0.2) is 5.82 Å². The number of likely N-dealkylation sites (tertiary alicyclic amines) is 1. The van der Waals surface area contributed by atoms with Gasteiger partial charge in [0.25, 0.3) is 0 Å². The first-order valence-corrected chi connectivity index (χ1v) is 12.6. The van der Waals surface area contributed by atoms with Gasteiger partial charge in [0.05, 0.1) is 12.4 Å². The Morgan fingerprint density at radius 2 is 1.75 bits per heavy atom. The summed E-state index contributed by atoms with van der Waals surface area (Å²) in [4.78, 5) is 11.9. The molecule has 9 heteroatoms. The first kappa shape index (κ1) is 24.1. The number of aromatic nitrogens is 6. The predicted molar refractivity (Wildman–Crippen MR) is 141 cm³/mol. The van der Waals surface area contributed by atoms with Gasteiger partial charge in [-0.2, -0.15) is 10.2 Å². The van der Waals surface area contributed by atoms with E-state index in [1.807, 2.05) is 64.1 Å². The van der Waals surface area contributed by atoms with Crippen molar-refractivity contribution in [1.29, 1.82) is 0 Å². The zero-order valence-corrected chi connectivity index (χ0v) is 21.2. The fourth-order valence-corrected chi connectivity index (χ4v) is 5.02. The maximum atomic E-state index is 10.2. The minimum Gasteiger partial charge on any atom is -0.379 e. The van der Waals surface area contributed by atoms with Gasteiger partial charge in [-0.25, -0.2) is 9.97 Å². The molecule has 4 heterocycles. The van der Waals surface area contributed by atoms with Crippen molar-refractivity contribution < 1.29 is 5.11 Å². The number of piperidine rings is 1. The predicted octanol–water partition coefficient (Wildman–Crippen LogP) is 3.94. The molecule has 0 bridgehead atoms. The number of aliphatic hydroxyl groups excluding tert-OH is 1. The highest BCUT2D eigenvalue weighted by Gasteiger charge is 2.25. The maximum absolute atomic E-state index is 10.2. The Balaban J connectivity index is 1.41. The number of benzene rings is 1. The lowest BCUT2D eigenvalue weighted by atomic mass is 9.99. The van der Waals surface area contributed by atoms with Crippen LogP contribution in [0.3, 0.4) is 0 Å². The molecule has 2 N–H and O–H groups in total. The van der Waals surface area contributed by atoms with E-state index in [2.05, 4.69) is 32.5 Å². The van der Waals surface area contributed by atoms with Gasteiger partial charge in [-0.15, -0.1) is 0 Å². The third-order valence-corrected chi connectivity index (χ3v) is 6.89. The Labute approximate surface area is 211 Å². The molecule has 0 radical (unpaired) electrons. The standard InChI is InChI=1S/C27H34N8O/c1-19(36)35-12-5-4-9-24(35)10-11-28-27-25(23-15-31-34(3)18-23)16-29-26(32-27)21-8-6-7-20(13-21)22-14-30-33(2)17-22/h6-8,13-19,24,36H,4-5,9-12H2,1-3H3,(H,28,29,32). The average Bonchev–Trinajstić information content (AvgIpc) is 3.52. The number of hydrogen-bond acceptors (Lipinski definition) is 7. The van der Waals surface area contributed by atoms with E-state index in [1.165, 1.54) is 6.42 Å². The van der Waals surface area contributed by atoms with Crippen molar-refractivity contribution in [2.24, 2.45) is 14.1 Å². The highest BCUT2D eigenvalue weighted by Crippen LogP contribution is 2.30. The molecule has 0 amide bonds. The summed E-state index contributed by atoms with van der Waals surface area (Å²) in [7, 11) is 3.82. The van der Waals surface area contributed by atoms with E-state index >= 15 is 0 Å². The molecular formula is C27H34N8O. The molecule has 1 saturated heterocycles. The van der Waals surface area contributed by atoms with Crippen molar-refractivity contribution in [2.75, 3.05) is 18.4 Å². The molecule has 0 aliphatic carbocycles. The fraction of sp³-hybridized carbons (Fsp3) is 0.407. The molecule has 188 valence electrons. The zero-order valence-electron chi connectivity index (χ0n) is 21.2. The first-order valence-electron chi connectivity index (χ1n) is 12.6. The van der Waals surface area contributed by atoms with Crippen LogP contribution in [0.1, 0.15) is 32.6 Å². The summed E-state index contributed by atoms with van der Waals surface area (Å²) < 4.78 is 3.58. The van der Waals surface area contributed by atoms with Crippen molar-refractivity contribution in [1.82, 2.24) is 34.4 Å². The van der Waals surface area contributed by atoms with Crippen LogP contribution in [-0.4, -0.2) is 64.9 Å². The summed E-state index contributed by atoms with van der Waals surface area (Å²) in [6.07, 6.45) is 13.5. The highest BCUT2D eigenvalue weighted by molar-refractivity contribution is 5.76. The topological polar surface area (TPSA) is 96.9 Å². The monoisotopic (exact) mass is 486 g/mol. The summed E-state index contributed by atoms with van der Waals surface area (Å²) in [5.74, 6) is 1.46. The summed E-state index contributed by atoms with van der Waals surface area (Å²) in [6.45, 7) is 3.57. The normalized spacial score (nSPS) is 17.3. The Morgan fingerprint density at radius 1 is 1.00 bits per heavy atom. The van der Waals surface area contributed by atoms with Crippen molar-refractivity contribution in [3.05, 3.63) is 55.2 Å². The summed E-state index contributed by atoms with van der Waals surface area (Å²) in [5, 5.41) is 22.4. The third kappa shape index (κ3) is 5.32. The lowest BCUT2D eigenvalue weighted by Gasteiger charge is -2.37. The lowest BCUT2D eigenvalue weighted by molar-refractivity contribution is -0.0293. The van der Waals surface area contributed by atoms with Crippen LogP contribution in [0.25, 0.3) is 33.6 Å². The molecule has 2 atom stereocenters. The molecule has 5 rings (SSSR count). The molecule has 4 aromatic rings. The van der Waals surface area contributed by atoms with Crippen LogP contribution in [0, 0.1) is 0 Å². The lowest BCUT2D eigenvalue weighted by Crippen LogP contribution is -2.45. The van der Waals surface area contributed by atoms with E-state index in [0.29, 0.717) is 11.9 Å². The van der Waals surface area contributed by atoms with Gasteiger partial charge < -0.3 is 10.4 Å². The van der Waals surface area contributed by atoms with Crippen LogP contribution in [0.4, 0.5) is 5.82 Å². The van der Waals surface area contributed by atoms with Gasteiger partial charge in [-0.05, 0) is 37.8 Å². The van der Waals surface area contributed by atoms with Crippen molar-refractivity contribution in [3.63, 3.8) is 0 Å². The molecule has 1 aromatic carbocycles. The molecule has 0 saturated carbocycles. The molecule has 2 unspecified atom stereocenters. The number of anilines is 1. The second-order valence-corrected chi connectivity index (χ2v) is 9.58. The Kier molecular flexibility index (Phi) is 7.11. The van der Waals surface area contributed by atoms with Gasteiger partial charge in [0, 0.05) is 74.1 Å². The second kappa shape index (κ2) is 10.6. The average molecular weight is 487 g/mol. The van der Waals surface area contributed by atoms with Crippen LogP contribution in [0.2, 0.25) is 0 Å². The van der Waals surface area contributed by atoms with Crippen LogP contribution in [-0.2, 0) is 14.1 Å².